The van der Waals surface area contributed by atoms with Crippen LogP contribution in [-0.4, -0.2) is 0 Å². The highest BCUT2D eigenvalue weighted by Gasteiger charge is 1.97. The van der Waals surface area contributed by atoms with E-state index in [1.54, 1.807) is 0 Å². The predicted octanol–water partition coefficient (Wildman–Crippen LogP) is 3.78. The average Bonchev–Trinajstić information content (AvgIpc) is 2.49. The van der Waals surface area contributed by atoms with Gasteiger partial charge in [0.15, 0.2) is 0 Å². The Bertz CT molecular complexity index is 870. The molecule has 0 saturated carbocycles. The molecule has 3 aromatic rings. The molecule has 0 spiro atoms. The van der Waals surface area contributed by atoms with Gasteiger partial charge in [0.1, 0.15) is 0 Å². The summed E-state index contributed by atoms with van der Waals surface area (Å²) in [6, 6.07) is 21.5. The van der Waals surface area contributed by atoms with Crippen molar-refractivity contribution in [2.45, 2.75) is 13.8 Å². The Kier molecular flexibility index (Phi) is 3.39. The van der Waals surface area contributed by atoms with E-state index in [-0.39, 0.29) is 0 Å². The minimum absolute atomic E-state index is 1.28. The van der Waals surface area contributed by atoms with Crippen LogP contribution in [0, 0.1) is 6.92 Å². The molecule has 0 saturated heterocycles. The minimum Gasteiger partial charge on any atom is -0.0792 e. The molecule has 0 unspecified atom stereocenters. The third-order valence-corrected chi connectivity index (χ3v) is 3.79. The lowest BCUT2D eigenvalue weighted by atomic mass is 10.0. The van der Waals surface area contributed by atoms with Crippen molar-refractivity contribution in [1.82, 2.24) is 0 Å². The topological polar surface area (TPSA) is 0 Å². The van der Waals surface area contributed by atoms with Gasteiger partial charge in [0.25, 0.3) is 0 Å². The van der Waals surface area contributed by atoms with Gasteiger partial charge >= 0.3 is 0 Å². The molecule has 0 aliphatic heterocycles. The van der Waals surface area contributed by atoms with Gasteiger partial charge in [-0.05, 0) is 52.3 Å². The highest BCUT2D eigenvalue weighted by molar-refractivity contribution is 5.84. The van der Waals surface area contributed by atoms with E-state index in [1.807, 2.05) is 0 Å². The van der Waals surface area contributed by atoms with Crippen LogP contribution in [0.25, 0.3) is 22.9 Å². The SMILES string of the molecule is C/C=c1\c(=C/c2ccccc2C)ccc2ccccc12. The number of hydrogen-bond acceptors (Lipinski definition) is 0. The van der Waals surface area contributed by atoms with Crippen molar-refractivity contribution < 1.29 is 0 Å². The zero-order chi connectivity index (χ0) is 13.9. The molecule has 0 heteroatoms. The Morgan fingerprint density at radius 1 is 0.800 bits per heavy atom. The Hall–Kier alpha value is -2.34. The smallest absolute Gasteiger partial charge is 0.0109 e. The summed E-state index contributed by atoms with van der Waals surface area (Å²) < 4.78 is 0. The molecule has 0 radical (unpaired) electrons. The number of fused-ring (bicyclic) bond motifs is 1. The minimum atomic E-state index is 1.28. The van der Waals surface area contributed by atoms with Gasteiger partial charge in [-0.25, -0.2) is 0 Å². The standard InChI is InChI=1S/C20H18/c1-3-19-18(14-17-10-5-4-8-15(17)2)13-12-16-9-6-7-11-20(16)19/h3-14H,1-2H3/b18-14-,19-3+. The molecule has 3 aromatic carbocycles. The van der Waals surface area contributed by atoms with Crippen LogP contribution >= 0.6 is 0 Å². The van der Waals surface area contributed by atoms with Crippen LogP contribution < -0.4 is 10.4 Å². The van der Waals surface area contributed by atoms with Crippen molar-refractivity contribution in [3.63, 3.8) is 0 Å². The first-order chi connectivity index (χ1) is 9.79. The quantitative estimate of drug-likeness (QED) is 0.623. The normalized spacial score (nSPS) is 13.1. The first-order valence-electron chi connectivity index (χ1n) is 7.01. The third-order valence-electron chi connectivity index (χ3n) is 3.79. The van der Waals surface area contributed by atoms with Crippen LogP contribution in [0.2, 0.25) is 0 Å². The second-order valence-corrected chi connectivity index (χ2v) is 5.08. The van der Waals surface area contributed by atoms with E-state index >= 15 is 0 Å². The zero-order valence-corrected chi connectivity index (χ0v) is 11.9. The fraction of sp³-hybridized carbons (Fsp3) is 0.100. The van der Waals surface area contributed by atoms with E-state index < -0.39 is 0 Å². The number of hydrogen-bond donors (Lipinski definition) is 0. The van der Waals surface area contributed by atoms with Crippen molar-refractivity contribution in [2.75, 3.05) is 0 Å². The molecule has 0 bridgehead atoms. The van der Waals surface area contributed by atoms with E-state index in [4.69, 9.17) is 0 Å². The molecule has 0 heterocycles. The maximum atomic E-state index is 2.27. The van der Waals surface area contributed by atoms with E-state index in [1.165, 1.54) is 32.3 Å². The van der Waals surface area contributed by atoms with Crippen molar-refractivity contribution in [2.24, 2.45) is 0 Å². The molecule has 0 aromatic heterocycles. The molecule has 0 fully saturated rings. The third kappa shape index (κ3) is 2.25. The molecule has 0 atom stereocenters. The fourth-order valence-electron chi connectivity index (χ4n) is 2.68. The van der Waals surface area contributed by atoms with Gasteiger partial charge in [-0.15, -0.1) is 0 Å². The Balaban J connectivity index is 2.36. The predicted molar refractivity (Wildman–Crippen MR) is 88.1 cm³/mol. The first-order valence-corrected chi connectivity index (χ1v) is 7.01. The average molecular weight is 258 g/mol. The largest absolute Gasteiger partial charge is 0.0792 e. The number of aryl methyl sites for hydroxylation is 1. The monoisotopic (exact) mass is 258 g/mol. The van der Waals surface area contributed by atoms with Gasteiger partial charge in [-0.3, -0.25) is 0 Å². The lowest BCUT2D eigenvalue weighted by Gasteiger charge is -2.02. The fourth-order valence-corrected chi connectivity index (χ4v) is 2.68. The Morgan fingerprint density at radius 2 is 1.55 bits per heavy atom. The molecular formula is C20H18. The van der Waals surface area contributed by atoms with E-state index in [0.717, 1.165) is 0 Å². The van der Waals surface area contributed by atoms with E-state index in [0.29, 0.717) is 0 Å². The summed E-state index contributed by atoms with van der Waals surface area (Å²) in [5.41, 5.74) is 2.59. The summed E-state index contributed by atoms with van der Waals surface area (Å²) in [6.45, 7) is 4.26. The van der Waals surface area contributed by atoms with E-state index in [9.17, 15) is 0 Å². The highest BCUT2D eigenvalue weighted by atomic mass is 14.0. The van der Waals surface area contributed by atoms with Gasteiger partial charge in [0.2, 0.25) is 0 Å². The van der Waals surface area contributed by atoms with Crippen LogP contribution in [0.1, 0.15) is 18.1 Å². The molecule has 3 rings (SSSR count). The second-order valence-electron chi connectivity index (χ2n) is 5.08. The van der Waals surface area contributed by atoms with Crippen LogP contribution in [0.5, 0.6) is 0 Å². The first kappa shape index (κ1) is 12.7. The summed E-state index contributed by atoms with van der Waals surface area (Å²) >= 11 is 0. The highest BCUT2D eigenvalue weighted by Crippen LogP contribution is 2.09. The second kappa shape index (κ2) is 5.34. The van der Waals surface area contributed by atoms with Crippen LogP contribution in [0.15, 0.2) is 60.7 Å². The molecule has 98 valence electrons. The molecule has 0 N–H and O–H groups in total. The van der Waals surface area contributed by atoms with Gasteiger partial charge < -0.3 is 0 Å². The maximum absolute atomic E-state index is 2.27. The molecule has 0 aliphatic carbocycles. The molecule has 0 nitrogen and oxygen atoms in total. The maximum Gasteiger partial charge on any atom is -0.0109 e. The molecular weight excluding hydrogens is 240 g/mol. The van der Waals surface area contributed by atoms with Gasteiger partial charge in [0.05, 0.1) is 0 Å². The zero-order valence-electron chi connectivity index (χ0n) is 11.9. The lowest BCUT2D eigenvalue weighted by Crippen LogP contribution is -2.25. The number of rotatable bonds is 1. The van der Waals surface area contributed by atoms with Crippen molar-refractivity contribution in [3.8, 4) is 0 Å². The van der Waals surface area contributed by atoms with Crippen LogP contribution in [-0.2, 0) is 0 Å². The number of benzene rings is 3. The van der Waals surface area contributed by atoms with Gasteiger partial charge in [0, 0.05) is 0 Å². The van der Waals surface area contributed by atoms with Crippen molar-refractivity contribution >= 4 is 22.9 Å². The summed E-state index contributed by atoms with van der Waals surface area (Å²) in [4.78, 5) is 0. The van der Waals surface area contributed by atoms with Crippen LogP contribution in [0.4, 0.5) is 0 Å². The van der Waals surface area contributed by atoms with Crippen molar-refractivity contribution in [3.05, 3.63) is 82.2 Å². The van der Waals surface area contributed by atoms with E-state index in [2.05, 4.69) is 86.7 Å². The summed E-state index contributed by atoms with van der Waals surface area (Å²) in [5.74, 6) is 0. The van der Waals surface area contributed by atoms with Crippen molar-refractivity contribution in [1.29, 1.82) is 0 Å². The summed E-state index contributed by atoms with van der Waals surface area (Å²) in [6.07, 6.45) is 4.48. The molecule has 0 aliphatic rings. The summed E-state index contributed by atoms with van der Waals surface area (Å²) in [5, 5.41) is 5.20. The summed E-state index contributed by atoms with van der Waals surface area (Å²) in [7, 11) is 0. The Morgan fingerprint density at radius 3 is 2.35 bits per heavy atom. The molecule has 0 amide bonds. The van der Waals surface area contributed by atoms with Gasteiger partial charge in [-0.1, -0.05) is 66.7 Å². The Labute approximate surface area is 119 Å². The molecule has 20 heavy (non-hydrogen) atoms. The lowest BCUT2D eigenvalue weighted by molar-refractivity contribution is 1.43. The van der Waals surface area contributed by atoms with Crippen LogP contribution in [0.3, 0.4) is 0 Å². The van der Waals surface area contributed by atoms with Gasteiger partial charge in [-0.2, -0.15) is 0 Å².